The van der Waals surface area contributed by atoms with Crippen LogP contribution in [0.5, 0.6) is 0 Å². The average Bonchev–Trinajstić information content (AvgIpc) is 2.46. The smallest absolute Gasteiger partial charge is 0.147 e. The molecule has 1 saturated heterocycles. The van der Waals surface area contributed by atoms with Crippen molar-refractivity contribution in [1.82, 2.24) is 5.32 Å². The van der Waals surface area contributed by atoms with Crippen LogP contribution in [0.3, 0.4) is 0 Å². The van der Waals surface area contributed by atoms with E-state index in [0.717, 1.165) is 19.6 Å². The third kappa shape index (κ3) is 3.49. The maximum atomic E-state index is 14.2. The lowest BCUT2D eigenvalue weighted by atomic mass is 9.98. The van der Waals surface area contributed by atoms with Crippen molar-refractivity contribution >= 4 is 5.69 Å². The highest BCUT2D eigenvalue weighted by Gasteiger charge is 2.21. The van der Waals surface area contributed by atoms with E-state index in [1.807, 2.05) is 6.07 Å². The van der Waals surface area contributed by atoms with Crippen molar-refractivity contribution < 1.29 is 4.39 Å². The van der Waals surface area contributed by atoms with Crippen LogP contribution in [0.1, 0.15) is 32.3 Å². The van der Waals surface area contributed by atoms with E-state index >= 15 is 0 Å². The van der Waals surface area contributed by atoms with Gasteiger partial charge in [-0.05, 0) is 63.9 Å². The van der Waals surface area contributed by atoms with Gasteiger partial charge in [0.05, 0.1) is 17.3 Å². The Labute approximate surface area is 120 Å². The van der Waals surface area contributed by atoms with E-state index in [1.54, 1.807) is 12.1 Å². The molecule has 2 rings (SSSR count). The number of benzene rings is 1. The van der Waals surface area contributed by atoms with Gasteiger partial charge >= 0.3 is 0 Å². The van der Waals surface area contributed by atoms with Gasteiger partial charge in [0, 0.05) is 12.6 Å². The average molecular weight is 275 g/mol. The summed E-state index contributed by atoms with van der Waals surface area (Å²) in [6.45, 7) is 7.10. The molecule has 3 nitrogen and oxygen atoms in total. The fourth-order valence-electron chi connectivity index (χ4n) is 2.75. The van der Waals surface area contributed by atoms with Crippen LogP contribution in [0.25, 0.3) is 0 Å². The van der Waals surface area contributed by atoms with E-state index in [0.29, 0.717) is 17.2 Å². The standard InChI is InChI=1S/C16H22FN3/c1-12(2)20(11-14-4-3-7-19-10-14)16-6-5-13(9-18)8-15(16)17/h5-6,8,12,14,19H,3-4,7,10-11H2,1-2H3. The van der Waals surface area contributed by atoms with Gasteiger partial charge in [-0.3, -0.25) is 0 Å². The van der Waals surface area contributed by atoms with Gasteiger partial charge in [0.15, 0.2) is 0 Å². The Morgan fingerprint density at radius 1 is 1.50 bits per heavy atom. The number of rotatable bonds is 4. The van der Waals surface area contributed by atoms with Crippen LogP contribution in [0.4, 0.5) is 10.1 Å². The predicted octanol–water partition coefficient (Wildman–Crippen LogP) is 2.91. The van der Waals surface area contributed by atoms with E-state index in [-0.39, 0.29) is 11.9 Å². The first-order valence-electron chi connectivity index (χ1n) is 7.29. The second-order valence-corrected chi connectivity index (χ2v) is 5.74. The molecule has 0 spiro atoms. The van der Waals surface area contributed by atoms with Gasteiger partial charge in [0.25, 0.3) is 0 Å². The molecule has 1 unspecified atom stereocenters. The molecule has 1 aliphatic heterocycles. The number of hydrogen-bond donors (Lipinski definition) is 1. The number of halogens is 1. The lowest BCUT2D eigenvalue weighted by molar-refractivity contribution is 0.370. The zero-order valence-electron chi connectivity index (χ0n) is 12.2. The van der Waals surface area contributed by atoms with Crippen LogP contribution in [-0.2, 0) is 0 Å². The molecular weight excluding hydrogens is 253 g/mol. The van der Waals surface area contributed by atoms with Gasteiger partial charge < -0.3 is 10.2 Å². The number of hydrogen-bond acceptors (Lipinski definition) is 3. The van der Waals surface area contributed by atoms with Crippen LogP contribution >= 0.6 is 0 Å². The van der Waals surface area contributed by atoms with E-state index < -0.39 is 0 Å². The first kappa shape index (κ1) is 14.8. The van der Waals surface area contributed by atoms with Crippen LogP contribution in [-0.4, -0.2) is 25.7 Å². The number of nitriles is 1. The summed E-state index contributed by atoms with van der Waals surface area (Å²) in [6, 6.07) is 6.95. The highest BCUT2D eigenvalue weighted by atomic mass is 19.1. The van der Waals surface area contributed by atoms with E-state index in [4.69, 9.17) is 5.26 Å². The summed E-state index contributed by atoms with van der Waals surface area (Å²) in [4.78, 5) is 2.11. The van der Waals surface area contributed by atoms with Gasteiger partial charge in [-0.15, -0.1) is 0 Å². The van der Waals surface area contributed by atoms with Crippen molar-refractivity contribution in [2.24, 2.45) is 5.92 Å². The molecule has 1 aliphatic rings. The minimum atomic E-state index is -0.304. The lowest BCUT2D eigenvalue weighted by Gasteiger charge is -2.34. The molecular formula is C16H22FN3. The Morgan fingerprint density at radius 3 is 2.85 bits per heavy atom. The molecule has 108 valence electrons. The molecule has 0 aliphatic carbocycles. The highest BCUT2D eigenvalue weighted by molar-refractivity contribution is 5.51. The van der Waals surface area contributed by atoms with E-state index in [2.05, 4.69) is 24.1 Å². The summed E-state index contributed by atoms with van der Waals surface area (Å²) in [6.07, 6.45) is 2.38. The fourth-order valence-corrected chi connectivity index (χ4v) is 2.75. The molecule has 1 atom stereocenters. The number of piperidine rings is 1. The molecule has 4 heteroatoms. The van der Waals surface area contributed by atoms with Crippen LogP contribution < -0.4 is 10.2 Å². The molecule has 1 fully saturated rings. The summed E-state index contributed by atoms with van der Waals surface area (Å²) >= 11 is 0. The molecule has 1 aromatic carbocycles. The zero-order valence-corrected chi connectivity index (χ0v) is 12.2. The maximum absolute atomic E-state index is 14.2. The first-order chi connectivity index (χ1) is 9.61. The molecule has 1 aromatic rings. The predicted molar refractivity (Wildman–Crippen MR) is 79.2 cm³/mol. The zero-order chi connectivity index (χ0) is 14.5. The second-order valence-electron chi connectivity index (χ2n) is 5.74. The van der Waals surface area contributed by atoms with E-state index in [1.165, 1.54) is 18.9 Å². The Balaban J connectivity index is 2.17. The van der Waals surface area contributed by atoms with Crippen molar-refractivity contribution in [1.29, 1.82) is 5.26 Å². The quantitative estimate of drug-likeness (QED) is 0.918. The summed E-state index contributed by atoms with van der Waals surface area (Å²) in [7, 11) is 0. The Morgan fingerprint density at radius 2 is 2.30 bits per heavy atom. The molecule has 1 heterocycles. The molecule has 0 radical (unpaired) electrons. The summed E-state index contributed by atoms with van der Waals surface area (Å²) in [5.74, 6) is 0.253. The molecule has 0 aromatic heterocycles. The fraction of sp³-hybridized carbons (Fsp3) is 0.562. The monoisotopic (exact) mass is 275 g/mol. The van der Waals surface area contributed by atoms with Crippen molar-refractivity contribution in [2.75, 3.05) is 24.5 Å². The van der Waals surface area contributed by atoms with Crippen molar-refractivity contribution in [3.63, 3.8) is 0 Å². The lowest BCUT2D eigenvalue weighted by Crippen LogP contribution is -2.41. The molecule has 0 bridgehead atoms. The first-order valence-corrected chi connectivity index (χ1v) is 7.29. The van der Waals surface area contributed by atoms with Gasteiger partial charge in [-0.1, -0.05) is 0 Å². The minimum absolute atomic E-state index is 0.236. The van der Waals surface area contributed by atoms with Crippen LogP contribution in [0, 0.1) is 23.1 Å². The van der Waals surface area contributed by atoms with Crippen LogP contribution in [0.2, 0.25) is 0 Å². The topological polar surface area (TPSA) is 39.1 Å². The third-order valence-electron chi connectivity index (χ3n) is 3.86. The molecule has 20 heavy (non-hydrogen) atoms. The highest BCUT2D eigenvalue weighted by Crippen LogP contribution is 2.25. The second kappa shape index (κ2) is 6.71. The van der Waals surface area contributed by atoms with Crippen molar-refractivity contribution in [3.8, 4) is 6.07 Å². The van der Waals surface area contributed by atoms with Crippen molar-refractivity contribution in [2.45, 2.75) is 32.7 Å². The normalized spacial score (nSPS) is 18.9. The largest absolute Gasteiger partial charge is 0.366 e. The SMILES string of the molecule is CC(C)N(CC1CCCNC1)c1ccc(C#N)cc1F. The summed E-state index contributed by atoms with van der Waals surface area (Å²) < 4.78 is 14.2. The Kier molecular flexibility index (Phi) is 4.97. The van der Waals surface area contributed by atoms with Gasteiger partial charge in [-0.2, -0.15) is 5.26 Å². The number of anilines is 1. The molecule has 0 saturated carbocycles. The number of nitrogens with zero attached hydrogens (tertiary/aromatic N) is 2. The molecule has 0 amide bonds. The van der Waals surface area contributed by atoms with E-state index in [9.17, 15) is 4.39 Å². The third-order valence-corrected chi connectivity index (χ3v) is 3.86. The van der Waals surface area contributed by atoms with Gasteiger partial charge in [-0.25, -0.2) is 4.39 Å². The Hall–Kier alpha value is -1.60. The number of nitrogens with one attached hydrogen (secondary N) is 1. The van der Waals surface area contributed by atoms with Gasteiger partial charge in [0.1, 0.15) is 5.82 Å². The maximum Gasteiger partial charge on any atom is 0.147 e. The van der Waals surface area contributed by atoms with Crippen LogP contribution in [0.15, 0.2) is 18.2 Å². The summed E-state index contributed by atoms with van der Waals surface area (Å²) in [5, 5.41) is 12.2. The Bertz CT molecular complexity index is 487. The van der Waals surface area contributed by atoms with Crippen molar-refractivity contribution in [3.05, 3.63) is 29.6 Å². The van der Waals surface area contributed by atoms with Gasteiger partial charge in [0.2, 0.25) is 0 Å². The summed E-state index contributed by atoms with van der Waals surface area (Å²) in [5.41, 5.74) is 0.971. The molecule has 1 N–H and O–H groups in total. The minimum Gasteiger partial charge on any atom is -0.366 e.